The summed E-state index contributed by atoms with van der Waals surface area (Å²) >= 11 is 0. The van der Waals surface area contributed by atoms with Crippen LogP contribution in [-0.4, -0.2) is 31.7 Å². The van der Waals surface area contributed by atoms with E-state index in [1.54, 1.807) is 10.6 Å². The van der Waals surface area contributed by atoms with Crippen LogP contribution in [-0.2, 0) is 25.7 Å². The third-order valence-electron chi connectivity index (χ3n) is 4.78. The lowest BCUT2D eigenvalue weighted by Crippen LogP contribution is -2.26. The zero-order chi connectivity index (χ0) is 19.5. The first kappa shape index (κ1) is 18.7. The van der Waals surface area contributed by atoms with E-state index < -0.39 is 25.7 Å². The number of rotatable bonds is 3. The Balaban J connectivity index is 2.28. The molecule has 1 aliphatic heterocycles. The quantitative estimate of drug-likeness (QED) is 0.630. The second kappa shape index (κ2) is 5.71. The highest BCUT2D eigenvalue weighted by Gasteiger charge is 2.44. The molecule has 26 heavy (non-hydrogen) atoms. The van der Waals surface area contributed by atoms with Crippen molar-refractivity contribution in [2.45, 2.75) is 36.0 Å². The predicted octanol–water partition coefficient (Wildman–Crippen LogP) is 2.42. The predicted molar refractivity (Wildman–Crippen MR) is 95.8 cm³/mol. The monoisotopic (exact) mass is 395 g/mol. The van der Waals surface area contributed by atoms with Gasteiger partial charge in [0.1, 0.15) is 15.0 Å². The molecule has 7 nitrogen and oxygen atoms in total. The zero-order valence-electron chi connectivity index (χ0n) is 14.3. The van der Waals surface area contributed by atoms with E-state index in [0.29, 0.717) is 16.9 Å². The Morgan fingerprint density at radius 1 is 1.00 bits per heavy atom. The molecule has 0 unspecified atom stereocenters. The normalized spacial score (nSPS) is 16.7. The number of benzene rings is 2. The Kier molecular flexibility index (Phi) is 4.11. The maximum Gasteiger partial charge on any atom is 0.294 e. The molecule has 138 valence electrons. The molecule has 0 bridgehead atoms. The van der Waals surface area contributed by atoms with Gasteiger partial charge in [-0.3, -0.25) is 4.55 Å². The molecule has 0 saturated carbocycles. The van der Waals surface area contributed by atoms with Crippen molar-refractivity contribution < 1.29 is 25.9 Å². The van der Waals surface area contributed by atoms with Gasteiger partial charge in [-0.25, -0.2) is 8.42 Å². The molecule has 0 aliphatic carbocycles. The van der Waals surface area contributed by atoms with Gasteiger partial charge in [0.05, 0.1) is 10.3 Å². The molecule has 0 amide bonds. The highest BCUT2D eigenvalue weighted by molar-refractivity contribution is 7.86. The smallest absolute Gasteiger partial charge is 0.294 e. The third-order valence-corrected chi connectivity index (χ3v) is 6.47. The van der Waals surface area contributed by atoms with Gasteiger partial charge in [-0.2, -0.15) is 13.0 Å². The molecule has 0 saturated heterocycles. The first-order valence-corrected chi connectivity index (χ1v) is 10.5. The average molecular weight is 395 g/mol. The van der Waals surface area contributed by atoms with Gasteiger partial charge in [-0.1, -0.05) is 6.07 Å². The molecule has 1 N–H and O–H groups in total. The highest BCUT2D eigenvalue weighted by Crippen LogP contribution is 2.42. The maximum absolute atomic E-state index is 11.4. The molecular formula is C17H17NO6S2. The molecule has 1 heterocycles. The van der Waals surface area contributed by atoms with Crippen LogP contribution < -0.4 is 4.58 Å². The number of nitrogens with zero attached hydrogens (tertiary/aromatic N) is 1. The molecule has 2 aromatic carbocycles. The number of fused-ring (bicyclic) bond motifs is 1. The summed E-state index contributed by atoms with van der Waals surface area (Å²) in [6.07, 6.45) is 0. The molecule has 0 radical (unpaired) electrons. The molecule has 0 aromatic heterocycles. The van der Waals surface area contributed by atoms with Crippen molar-refractivity contribution in [2.75, 3.05) is 0 Å². The fourth-order valence-electron chi connectivity index (χ4n) is 3.14. The average Bonchev–Trinajstić information content (AvgIpc) is 2.73. The van der Waals surface area contributed by atoms with Gasteiger partial charge < -0.3 is 4.55 Å². The third kappa shape index (κ3) is 2.96. The van der Waals surface area contributed by atoms with E-state index in [9.17, 15) is 25.9 Å². The first-order valence-electron chi connectivity index (χ1n) is 7.65. The van der Waals surface area contributed by atoms with Gasteiger partial charge >= 0.3 is 0 Å². The van der Waals surface area contributed by atoms with Crippen LogP contribution in [0.4, 0.5) is 11.4 Å². The maximum atomic E-state index is 11.4. The van der Waals surface area contributed by atoms with Crippen LogP contribution in [0.15, 0.2) is 52.3 Å². The zero-order valence-corrected chi connectivity index (χ0v) is 15.9. The van der Waals surface area contributed by atoms with Crippen molar-refractivity contribution >= 4 is 37.3 Å². The van der Waals surface area contributed by atoms with Crippen LogP contribution in [0.2, 0.25) is 0 Å². The molecule has 0 atom stereocenters. The van der Waals surface area contributed by atoms with Crippen molar-refractivity contribution in [1.82, 2.24) is 4.58 Å². The Labute approximate surface area is 152 Å². The molecular weight excluding hydrogens is 378 g/mol. The Morgan fingerprint density at radius 3 is 2.23 bits per heavy atom. The molecule has 0 spiro atoms. The van der Waals surface area contributed by atoms with Gasteiger partial charge in [-0.05, 0) is 32.0 Å². The fraction of sp³-hybridized carbons (Fsp3) is 0.235. The molecule has 9 heteroatoms. The largest absolute Gasteiger partial charge is 0.744 e. The van der Waals surface area contributed by atoms with Crippen molar-refractivity contribution in [3.63, 3.8) is 0 Å². The molecule has 2 aromatic rings. The minimum Gasteiger partial charge on any atom is -0.744 e. The number of hydrogen-bond acceptors (Lipinski definition) is 5. The SMILES string of the molecule is CC1=[N+](c2cccc(S(=O)(=O)O)c2)c2ccc(S(=O)(=O)[O-])cc2C1(C)C. The van der Waals surface area contributed by atoms with Gasteiger partial charge in [-0.15, -0.1) is 0 Å². The summed E-state index contributed by atoms with van der Waals surface area (Å²) in [4.78, 5) is -0.557. The van der Waals surface area contributed by atoms with Crippen molar-refractivity contribution in [3.8, 4) is 0 Å². The lowest BCUT2D eigenvalue weighted by molar-refractivity contribution is 0.462. The topological polar surface area (TPSA) is 115 Å². The second-order valence-corrected chi connectivity index (χ2v) is 9.45. The van der Waals surface area contributed by atoms with Gasteiger partial charge in [0.25, 0.3) is 10.1 Å². The number of hydrogen-bond donors (Lipinski definition) is 1. The van der Waals surface area contributed by atoms with E-state index in [1.165, 1.54) is 36.4 Å². The van der Waals surface area contributed by atoms with Crippen LogP contribution >= 0.6 is 0 Å². The van der Waals surface area contributed by atoms with Gasteiger partial charge in [0.15, 0.2) is 5.71 Å². The highest BCUT2D eigenvalue weighted by atomic mass is 32.2. The van der Waals surface area contributed by atoms with Crippen LogP contribution in [0.1, 0.15) is 26.3 Å². The van der Waals surface area contributed by atoms with Crippen LogP contribution in [0, 0.1) is 0 Å². The second-order valence-electron chi connectivity index (χ2n) is 6.65. The molecule has 3 rings (SSSR count). The minimum atomic E-state index is -4.59. The van der Waals surface area contributed by atoms with Crippen LogP contribution in [0.3, 0.4) is 0 Å². The summed E-state index contributed by atoms with van der Waals surface area (Å²) in [5.74, 6) is 0. The summed E-state index contributed by atoms with van der Waals surface area (Å²) in [5, 5.41) is 0. The van der Waals surface area contributed by atoms with Crippen molar-refractivity contribution in [2.24, 2.45) is 0 Å². The van der Waals surface area contributed by atoms with E-state index in [0.717, 1.165) is 5.71 Å². The van der Waals surface area contributed by atoms with Crippen LogP contribution in [0.5, 0.6) is 0 Å². The lowest BCUT2D eigenvalue weighted by atomic mass is 9.82. The summed E-state index contributed by atoms with van der Waals surface area (Å²) in [6.45, 7) is 5.61. The first-order chi connectivity index (χ1) is 11.8. The van der Waals surface area contributed by atoms with E-state index in [-0.39, 0.29) is 9.79 Å². The van der Waals surface area contributed by atoms with Gasteiger partial charge in [0.2, 0.25) is 11.4 Å². The Hall–Kier alpha value is -2.07. The Bertz CT molecular complexity index is 1160. The van der Waals surface area contributed by atoms with E-state index in [2.05, 4.69) is 0 Å². The standard InChI is InChI=1S/C17H17NO6S2/c1-11-17(2,3)15-10-14(26(22,23)24)7-8-16(15)18(11)12-5-4-6-13(9-12)25(19,20)21/h4-10H,1-3H3,(H-,19,20,21,22,23,24). The molecule has 1 aliphatic rings. The van der Waals surface area contributed by atoms with E-state index in [4.69, 9.17) is 0 Å². The van der Waals surface area contributed by atoms with Gasteiger partial charge in [0, 0.05) is 30.7 Å². The summed E-state index contributed by atoms with van der Waals surface area (Å²) in [6, 6.07) is 9.92. The fourth-order valence-corrected chi connectivity index (χ4v) is 4.15. The van der Waals surface area contributed by atoms with Crippen LogP contribution in [0.25, 0.3) is 0 Å². The van der Waals surface area contributed by atoms with Crippen molar-refractivity contribution in [1.29, 1.82) is 0 Å². The minimum absolute atomic E-state index is 0.243. The summed E-state index contributed by atoms with van der Waals surface area (Å²) < 4.78 is 68.0. The van der Waals surface area contributed by atoms with E-state index >= 15 is 0 Å². The van der Waals surface area contributed by atoms with Crippen molar-refractivity contribution in [3.05, 3.63) is 48.0 Å². The lowest BCUT2D eigenvalue weighted by Gasteiger charge is -2.16. The van der Waals surface area contributed by atoms with E-state index in [1.807, 2.05) is 20.8 Å². The summed E-state index contributed by atoms with van der Waals surface area (Å²) in [7, 11) is -8.95. The Morgan fingerprint density at radius 2 is 1.65 bits per heavy atom. The summed E-state index contributed by atoms with van der Waals surface area (Å²) in [5.41, 5.74) is 2.03. The molecule has 0 fully saturated rings.